The van der Waals surface area contributed by atoms with Gasteiger partial charge in [-0.3, -0.25) is 4.79 Å². The van der Waals surface area contributed by atoms with Gasteiger partial charge in [-0.15, -0.1) is 0 Å². The largest absolute Gasteiger partial charge is 0.481 e. The van der Waals surface area contributed by atoms with Crippen molar-refractivity contribution < 1.29 is 18.3 Å². The number of benzene rings is 1. The lowest BCUT2D eigenvalue weighted by molar-refractivity contribution is -0.124. The van der Waals surface area contributed by atoms with E-state index < -0.39 is 11.6 Å². The Morgan fingerprint density at radius 3 is 2.58 bits per heavy atom. The quantitative estimate of drug-likeness (QED) is 0.838. The fourth-order valence-electron chi connectivity index (χ4n) is 1.24. The maximum atomic E-state index is 13.4. The highest BCUT2D eigenvalue weighted by atomic mass is 79.9. The van der Waals surface area contributed by atoms with Crippen LogP contribution in [-0.2, 0) is 4.79 Å². The predicted molar refractivity (Wildman–Crippen MR) is 72.0 cm³/mol. The van der Waals surface area contributed by atoms with E-state index in [1.807, 2.05) is 20.8 Å². The molecule has 0 saturated heterocycles. The smallest absolute Gasteiger partial charge is 0.258 e. The zero-order valence-electron chi connectivity index (χ0n) is 11.0. The summed E-state index contributed by atoms with van der Waals surface area (Å²) in [6.45, 7) is 5.44. The average molecular weight is 336 g/mol. The van der Waals surface area contributed by atoms with E-state index in [1.165, 1.54) is 6.07 Å². The molecule has 1 N–H and O–H groups in total. The Hall–Kier alpha value is -1.17. The lowest BCUT2D eigenvalue weighted by Crippen LogP contribution is -2.39. The van der Waals surface area contributed by atoms with E-state index in [9.17, 15) is 13.6 Å². The molecule has 0 spiro atoms. The van der Waals surface area contributed by atoms with E-state index in [0.29, 0.717) is 4.47 Å². The summed E-state index contributed by atoms with van der Waals surface area (Å²) in [4.78, 5) is 11.5. The minimum atomic E-state index is -1.10. The lowest BCUT2D eigenvalue weighted by Gasteiger charge is -2.17. The Morgan fingerprint density at radius 2 is 2.00 bits per heavy atom. The first kappa shape index (κ1) is 15.9. The molecule has 0 saturated carbocycles. The summed E-state index contributed by atoms with van der Waals surface area (Å²) in [6, 6.07) is 2.25. The molecule has 1 unspecified atom stereocenters. The lowest BCUT2D eigenvalue weighted by atomic mass is 10.1. The van der Waals surface area contributed by atoms with Crippen molar-refractivity contribution >= 4 is 21.8 Å². The molecule has 1 rings (SSSR count). The molecule has 0 aliphatic carbocycles. The van der Waals surface area contributed by atoms with Gasteiger partial charge in [0.05, 0.1) is 0 Å². The van der Waals surface area contributed by atoms with Crippen molar-refractivity contribution in [2.24, 2.45) is 5.92 Å². The van der Waals surface area contributed by atoms with Crippen LogP contribution in [-0.4, -0.2) is 18.6 Å². The van der Waals surface area contributed by atoms with Crippen molar-refractivity contribution in [2.75, 3.05) is 6.61 Å². The first-order chi connectivity index (χ1) is 8.81. The van der Waals surface area contributed by atoms with Gasteiger partial charge < -0.3 is 10.1 Å². The summed E-state index contributed by atoms with van der Waals surface area (Å²) in [5, 5.41) is 2.71. The minimum Gasteiger partial charge on any atom is -0.481 e. The van der Waals surface area contributed by atoms with Crippen molar-refractivity contribution in [3.63, 3.8) is 0 Å². The molecule has 0 aromatic heterocycles. The summed E-state index contributed by atoms with van der Waals surface area (Å²) in [5.41, 5.74) is 0. The SMILES string of the molecule is CC(C)C(C)NC(=O)COc1cc(Br)cc(F)c1F. The number of amides is 1. The number of nitrogens with one attached hydrogen (secondary N) is 1. The molecule has 0 aliphatic rings. The van der Waals surface area contributed by atoms with Gasteiger partial charge in [0.2, 0.25) is 5.82 Å². The van der Waals surface area contributed by atoms with E-state index in [0.717, 1.165) is 6.07 Å². The minimum absolute atomic E-state index is 0.0137. The van der Waals surface area contributed by atoms with Crippen molar-refractivity contribution in [1.82, 2.24) is 5.32 Å². The number of halogens is 3. The van der Waals surface area contributed by atoms with Gasteiger partial charge in [0.15, 0.2) is 18.2 Å². The van der Waals surface area contributed by atoms with Gasteiger partial charge >= 0.3 is 0 Å². The van der Waals surface area contributed by atoms with Crippen molar-refractivity contribution in [2.45, 2.75) is 26.8 Å². The normalized spacial score (nSPS) is 12.4. The second-order valence-corrected chi connectivity index (χ2v) is 5.50. The van der Waals surface area contributed by atoms with Crippen LogP contribution in [0.15, 0.2) is 16.6 Å². The van der Waals surface area contributed by atoms with E-state index in [1.54, 1.807) is 0 Å². The second kappa shape index (κ2) is 6.84. The maximum absolute atomic E-state index is 13.4. The highest BCUT2D eigenvalue weighted by molar-refractivity contribution is 9.10. The highest BCUT2D eigenvalue weighted by Gasteiger charge is 2.14. The maximum Gasteiger partial charge on any atom is 0.258 e. The van der Waals surface area contributed by atoms with Gasteiger partial charge in [0.1, 0.15) is 0 Å². The zero-order valence-corrected chi connectivity index (χ0v) is 12.6. The molecule has 106 valence electrons. The third kappa shape index (κ3) is 4.78. The van der Waals surface area contributed by atoms with Gasteiger partial charge in [-0.2, -0.15) is 4.39 Å². The average Bonchev–Trinajstić information content (AvgIpc) is 2.31. The Kier molecular flexibility index (Phi) is 5.72. The standard InChI is InChI=1S/C13H16BrF2NO2/c1-7(2)8(3)17-12(18)6-19-11-5-9(14)4-10(15)13(11)16/h4-5,7-8H,6H2,1-3H3,(H,17,18). The monoisotopic (exact) mass is 335 g/mol. The van der Waals surface area contributed by atoms with Crippen LogP contribution in [0.4, 0.5) is 8.78 Å². The molecular weight excluding hydrogens is 320 g/mol. The summed E-state index contributed by atoms with van der Waals surface area (Å²) < 4.78 is 31.8. The number of hydrogen-bond acceptors (Lipinski definition) is 2. The van der Waals surface area contributed by atoms with Gasteiger partial charge in [-0.1, -0.05) is 29.8 Å². The van der Waals surface area contributed by atoms with Crippen molar-refractivity contribution in [3.05, 3.63) is 28.2 Å². The molecule has 1 aromatic rings. The molecule has 0 bridgehead atoms. The van der Waals surface area contributed by atoms with Crippen LogP contribution in [0.5, 0.6) is 5.75 Å². The fourth-order valence-corrected chi connectivity index (χ4v) is 1.65. The van der Waals surface area contributed by atoms with E-state index in [4.69, 9.17) is 4.74 Å². The molecular formula is C13H16BrF2NO2. The molecule has 1 amide bonds. The number of ether oxygens (including phenoxy) is 1. The van der Waals surface area contributed by atoms with E-state index in [-0.39, 0.29) is 30.2 Å². The van der Waals surface area contributed by atoms with Crippen LogP contribution in [0.1, 0.15) is 20.8 Å². The van der Waals surface area contributed by atoms with Crippen LogP contribution in [0.25, 0.3) is 0 Å². The topological polar surface area (TPSA) is 38.3 Å². The number of carbonyl (C=O) groups is 1. The van der Waals surface area contributed by atoms with Crippen molar-refractivity contribution in [1.29, 1.82) is 0 Å². The molecule has 19 heavy (non-hydrogen) atoms. The van der Waals surface area contributed by atoms with Crippen LogP contribution >= 0.6 is 15.9 Å². The Labute approximate surface area is 119 Å². The third-order valence-electron chi connectivity index (χ3n) is 2.71. The second-order valence-electron chi connectivity index (χ2n) is 4.59. The molecule has 1 atom stereocenters. The van der Waals surface area contributed by atoms with Gasteiger partial charge in [-0.05, 0) is 25.0 Å². The van der Waals surface area contributed by atoms with Gasteiger partial charge in [0, 0.05) is 10.5 Å². The van der Waals surface area contributed by atoms with E-state index >= 15 is 0 Å². The molecule has 0 heterocycles. The number of rotatable bonds is 5. The molecule has 6 heteroatoms. The first-order valence-corrected chi connectivity index (χ1v) is 6.67. The summed E-state index contributed by atoms with van der Waals surface area (Å²) in [6.07, 6.45) is 0. The molecule has 0 radical (unpaired) electrons. The first-order valence-electron chi connectivity index (χ1n) is 5.88. The molecule has 0 aliphatic heterocycles. The summed E-state index contributed by atoms with van der Waals surface area (Å²) >= 11 is 3.03. The van der Waals surface area contributed by atoms with Gasteiger partial charge in [0.25, 0.3) is 5.91 Å². The van der Waals surface area contributed by atoms with Crippen LogP contribution < -0.4 is 10.1 Å². The Bertz CT molecular complexity index is 466. The Morgan fingerprint density at radius 1 is 1.37 bits per heavy atom. The fraction of sp³-hybridized carbons (Fsp3) is 0.462. The molecule has 1 aromatic carbocycles. The summed E-state index contributed by atoms with van der Waals surface area (Å²) in [7, 11) is 0. The van der Waals surface area contributed by atoms with Crippen LogP contribution in [0, 0.1) is 17.6 Å². The molecule has 3 nitrogen and oxygen atoms in total. The predicted octanol–water partition coefficient (Wildman–Crippen LogP) is 3.27. The Balaban J connectivity index is 2.60. The van der Waals surface area contributed by atoms with Crippen molar-refractivity contribution in [3.8, 4) is 5.75 Å². The summed E-state index contributed by atoms with van der Waals surface area (Å²) in [5.74, 6) is -2.52. The zero-order chi connectivity index (χ0) is 14.6. The molecule has 0 fully saturated rings. The third-order valence-corrected chi connectivity index (χ3v) is 3.16. The van der Waals surface area contributed by atoms with Gasteiger partial charge in [-0.25, -0.2) is 4.39 Å². The number of carbonyl (C=O) groups excluding carboxylic acids is 1. The van der Waals surface area contributed by atoms with Crippen LogP contribution in [0.3, 0.4) is 0 Å². The number of hydrogen-bond donors (Lipinski definition) is 1. The van der Waals surface area contributed by atoms with Crippen LogP contribution in [0.2, 0.25) is 0 Å². The highest BCUT2D eigenvalue weighted by Crippen LogP contribution is 2.25. The van der Waals surface area contributed by atoms with E-state index in [2.05, 4.69) is 21.2 Å².